The molecule has 0 spiro atoms. The largest absolute Gasteiger partial charge is 0.0689 e. The molecule has 0 N–H and O–H groups in total. The van der Waals surface area contributed by atoms with E-state index in [0.717, 1.165) is 46.6 Å². The summed E-state index contributed by atoms with van der Waals surface area (Å²) in [5, 5.41) is 0. The monoisotopic (exact) mass is 416 g/mol. The second-order valence-electron chi connectivity index (χ2n) is 14.7. The van der Waals surface area contributed by atoms with Crippen LogP contribution in [0.25, 0.3) is 0 Å². The van der Waals surface area contributed by atoms with Gasteiger partial charge in [0.25, 0.3) is 0 Å². The van der Waals surface area contributed by atoms with Crippen LogP contribution in [0.2, 0.25) is 24.2 Å². The molecule has 29 heavy (non-hydrogen) atoms. The topological polar surface area (TPSA) is 0 Å². The van der Waals surface area contributed by atoms with Crippen LogP contribution in [0.4, 0.5) is 0 Å². The Balaban J connectivity index is 1.66. The van der Waals surface area contributed by atoms with Gasteiger partial charge in [0.15, 0.2) is 0 Å². The second-order valence-corrected chi connectivity index (χ2v) is 19.9. The minimum atomic E-state index is -1.23. The standard InChI is InChI=1S/C28H52Si/c1-27(2,3)19-13-15-22-23-16-14-20(28(4,5)6)18-25(23)26(24(22)17-19)29(7,8)21-11-9-10-12-21/h19-26H,9-18H2,1-8H3/t19-,20-,22?,23?,24?,25?,26?/m1/s1. The molecule has 4 fully saturated rings. The van der Waals surface area contributed by atoms with Crippen LogP contribution in [0.3, 0.4) is 0 Å². The Labute approximate surface area is 184 Å². The Kier molecular flexibility index (Phi) is 5.92. The molecule has 4 rings (SSSR count). The van der Waals surface area contributed by atoms with Crippen molar-refractivity contribution in [1.29, 1.82) is 0 Å². The minimum absolute atomic E-state index is 0.510. The fourth-order valence-corrected chi connectivity index (χ4v) is 14.7. The lowest BCUT2D eigenvalue weighted by molar-refractivity contribution is 0.0722. The maximum absolute atomic E-state index is 2.87. The van der Waals surface area contributed by atoms with Gasteiger partial charge >= 0.3 is 0 Å². The van der Waals surface area contributed by atoms with Crippen molar-refractivity contribution in [2.75, 3.05) is 0 Å². The highest BCUT2D eigenvalue weighted by molar-refractivity contribution is 6.80. The number of rotatable bonds is 2. The zero-order valence-corrected chi connectivity index (χ0v) is 22.2. The third kappa shape index (κ3) is 4.05. The third-order valence-corrected chi connectivity index (χ3v) is 16.4. The van der Waals surface area contributed by atoms with Crippen molar-refractivity contribution in [3.8, 4) is 0 Å². The van der Waals surface area contributed by atoms with Crippen molar-refractivity contribution in [2.45, 2.75) is 130 Å². The average Bonchev–Trinajstić information content (AvgIpc) is 3.26. The van der Waals surface area contributed by atoms with E-state index in [0.29, 0.717) is 10.8 Å². The minimum Gasteiger partial charge on any atom is -0.0689 e. The number of hydrogen-bond acceptors (Lipinski definition) is 0. The first-order valence-corrected chi connectivity index (χ1v) is 16.6. The van der Waals surface area contributed by atoms with Gasteiger partial charge in [0.05, 0.1) is 8.07 Å². The van der Waals surface area contributed by atoms with E-state index in [1.807, 2.05) is 0 Å². The van der Waals surface area contributed by atoms with Crippen molar-refractivity contribution in [2.24, 2.45) is 46.3 Å². The molecule has 0 aliphatic heterocycles. The fraction of sp³-hybridized carbons (Fsp3) is 1.00. The lowest BCUT2D eigenvalue weighted by atomic mass is 9.62. The maximum atomic E-state index is 2.87. The summed E-state index contributed by atoms with van der Waals surface area (Å²) in [4.78, 5) is 0. The highest BCUT2D eigenvalue weighted by atomic mass is 28.3. The predicted octanol–water partition coefficient (Wildman–Crippen LogP) is 9.18. The molecule has 0 aromatic rings. The van der Waals surface area contributed by atoms with E-state index in [1.165, 1.54) is 25.7 Å². The lowest BCUT2D eigenvalue weighted by Gasteiger charge is -2.48. The first-order chi connectivity index (χ1) is 13.4. The maximum Gasteiger partial charge on any atom is 0.0541 e. The second kappa shape index (κ2) is 7.67. The van der Waals surface area contributed by atoms with Crippen LogP contribution in [-0.4, -0.2) is 8.07 Å². The number of fused-ring (bicyclic) bond motifs is 3. The Morgan fingerprint density at radius 1 is 0.552 bits per heavy atom. The molecule has 0 aromatic carbocycles. The predicted molar refractivity (Wildman–Crippen MR) is 131 cm³/mol. The van der Waals surface area contributed by atoms with E-state index in [1.54, 1.807) is 38.5 Å². The smallest absolute Gasteiger partial charge is 0.0541 e. The highest BCUT2D eigenvalue weighted by Gasteiger charge is 2.60. The first-order valence-electron chi connectivity index (χ1n) is 13.4. The zero-order valence-electron chi connectivity index (χ0n) is 21.2. The highest BCUT2D eigenvalue weighted by Crippen LogP contribution is 2.68. The molecule has 6 atom stereocenters. The normalized spacial score (nSPS) is 42.0. The molecule has 4 saturated carbocycles. The summed E-state index contributed by atoms with van der Waals surface area (Å²) in [7, 11) is -1.23. The van der Waals surface area contributed by atoms with Crippen molar-refractivity contribution in [3.05, 3.63) is 0 Å². The number of hydrogen-bond donors (Lipinski definition) is 0. The van der Waals surface area contributed by atoms with Gasteiger partial charge in [-0.15, -0.1) is 0 Å². The summed E-state index contributed by atoms with van der Waals surface area (Å²) >= 11 is 0. The van der Waals surface area contributed by atoms with Crippen LogP contribution >= 0.6 is 0 Å². The molecule has 1 heteroatoms. The van der Waals surface area contributed by atoms with Gasteiger partial charge in [0.2, 0.25) is 0 Å². The average molecular weight is 417 g/mol. The van der Waals surface area contributed by atoms with Crippen LogP contribution in [-0.2, 0) is 0 Å². The van der Waals surface area contributed by atoms with Crippen molar-refractivity contribution < 1.29 is 0 Å². The summed E-state index contributed by atoms with van der Waals surface area (Å²) in [5.74, 6) is 6.31. The summed E-state index contributed by atoms with van der Waals surface area (Å²) in [6.07, 6.45) is 15.6. The van der Waals surface area contributed by atoms with E-state index >= 15 is 0 Å². The molecule has 0 amide bonds. The van der Waals surface area contributed by atoms with Gasteiger partial charge in [-0.25, -0.2) is 0 Å². The lowest BCUT2D eigenvalue weighted by Crippen LogP contribution is -2.45. The van der Waals surface area contributed by atoms with Gasteiger partial charge in [-0.2, -0.15) is 0 Å². The molecule has 4 aliphatic rings. The summed E-state index contributed by atoms with van der Waals surface area (Å²) < 4.78 is 0. The molecule has 0 bridgehead atoms. The summed E-state index contributed by atoms with van der Waals surface area (Å²) in [6.45, 7) is 20.9. The van der Waals surface area contributed by atoms with Crippen LogP contribution in [0.1, 0.15) is 106 Å². The quantitative estimate of drug-likeness (QED) is 0.393. The van der Waals surface area contributed by atoms with Crippen LogP contribution in [0.5, 0.6) is 0 Å². The molecule has 0 radical (unpaired) electrons. The Morgan fingerprint density at radius 3 is 1.34 bits per heavy atom. The summed E-state index contributed by atoms with van der Waals surface area (Å²) in [6, 6.07) is 0. The van der Waals surface area contributed by atoms with Crippen molar-refractivity contribution in [1.82, 2.24) is 0 Å². The molecule has 4 unspecified atom stereocenters. The van der Waals surface area contributed by atoms with E-state index in [9.17, 15) is 0 Å². The third-order valence-electron chi connectivity index (χ3n) is 11.1. The SMILES string of the molecule is CC(C)(C)[C@@H]1CCC2C3CC[C@@H](C(C)(C)C)CC3C([Si](C)(C)C3CCCC3)C2C1. The molecule has 0 nitrogen and oxygen atoms in total. The molecule has 168 valence electrons. The molecular weight excluding hydrogens is 364 g/mol. The van der Waals surface area contributed by atoms with E-state index in [2.05, 4.69) is 54.6 Å². The van der Waals surface area contributed by atoms with E-state index in [4.69, 9.17) is 0 Å². The fourth-order valence-electron chi connectivity index (χ4n) is 9.28. The van der Waals surface area contributed by atoms with Gasteiger partial charge in [-0.3, -0.25) is 0 Å². The van der Waals surface area contributed by atoms with Crippen molar-refractivity contribution in [3.63, 3.8) is 0 Å². The molecule has 4 aliphatic carbocycles. The van der Waals surface area contributed by atoms with Gasteiger partial charge in [0.1, 0.15) is 0 Å². The van der Waals surface area contributed by atoms with Gasteiger partial charge in [-0.05, 0) is 95.9 Å². The van der Waals surface area contributed by atoms with E-state index in [-0.39, 0.29) is 0 Å². The van der Waals surface area contributed by atoms with Crippen LogP contribution in [0.15, 0.2) is 0 Å². The summed E-state index contributed by atoms with van der Waals surface area (Å²) in [5.41, 5.74) is 3.29. The van der Waals surface area contributed by atoms with Gasteiger partial charge in [-0.1, -0.05) is 80.3 Å². The van der Waals surface area contributed by atoms with Gasteiger partial charge < -0.3 is 0 Å². The molecule has 0 saturated heterocycles. The van der Waals surface area contributed by atoms with Crippen LogP contribution in [0, 0.1) is 46.3 Å². The van der Waals surface area contributed by atoms with Crippen LogP contribution < -0.4 is 0 Å². The molecule has 0 heterocycles. The molecule has 0 aromatic heterocycles. The molecular formula is C28H52Si. The first kappa shape index (κ1) is 22.4. The Bertz CT molecular complexity index is 532. The Hall–Kier alpha value is 0.217. The van der Waals surface area contributed by atoms with Gasteiger partial charge in [0, 0.05) is 0 Å². The zero-order chi connectivity index (χ0) is 21.2. The van der Waals surface area contributed by atoms with Crippen molar-refractivity contribution >= 4 is 8.07 Å². The Morgan fingerprint density at radius 2 is 0.966 bits per heavy atom. The van der Waals surface area contributed by atoms with E-state index < -0.39 is 8.07 Å².